The highest BCUT2D eigenvalue weighted by Crippen LogP contribution is 2.34. The highest BCUT2D eigenvalue weighted by atomic mass is 35.5. The van der Waals surface area contributed by atoms with E-state index in [9.17, 15) is 13.2 Å². The first kappa shape index (κ1) is 22.8. The largest absolute Gasteiger partial charge is 0.479 e. The van der Waals surface area contributed by atoms with Crippen molar-refractivity contribution in [2.75, 3.05) is 5.32 Å². The molecule has 0 aliphatic heterocycles. The number of carbonyl (C=O) groups is 1. The van der Waals surface area contributed by atoms with Gasteiger partial charge in [-0.05, 0) is 51.1 Å². The Morgan fingerprint density at radius 3 is 2.11 bits per heavy atom. The Balaban J connectivity index is 2.05. The Morgan fingerprint density at radius 2 is 1.54 bits per heavy atom. The first-order valence-electron chi connectivity index (χ1n) is 8.24. The van der Waals surface area contributed by atoms with Gasteiger partial charge in [-0.15, -0.1) is 0 Å². The van der Waals surface area contributed by atoms with Crippen LogP contribution in [0, 0.1) is 0 Å². The highest BCUT2D eigenvalue weighted by molar-refractivity contribution is 7.89. The van der Waals surface area contributed by atoms with Crippen molar-refractivity contribution < 1.29 is 17.9 Å². The van der Waals surface area contributed by atoms with Crippen LogP contribution in [0.25, 0.3) is 0 Å². The summed E-state index contributed by atoms with van der Waals surface area (Å²) in [5.74, 6) is -0.224. The zero-order chi connectivity index (χ0) is 21.1. The summed E-state index contributed by atoms with van der Waals surface area (Å²) < 4.78 is 32.3. The SMILES string of the molecule is CC(C)NS(=O)(=O)c1ccc(NC(=O)C(C)Oc2cc(Cl)c(Cl)cc2Cl)cc1. The molecule has 152 valence electrons. The van der Waals surface area contributed by atoms with E-state index in [4.69, 9.17) is 39.5 Å². The Labute approximate surface area is 179 Å². The van der Waals surface area contributed by atoms with E-state index in [1.165, 1.54) is 36.4 Å². The summed E-state index contributed by atoms with van der Waals surface area (Å²) in [7, 11) is -3.60. The van der Waals surface area contributed by atoms with Crippen LogP contribution in [-0.2, 0) is 14.8 Å². The molecule has 0 aliphatic carbocycles. The number of amides is 1. The van der Waals surface area contributed by atoms with Crippen molar-refractivity contribution in [3.8, 4) is 5.75 Å². The summed E-state index contributed by atoms with van der Waals surface area (Å²) in [5, 5.41) is 3.40. The molecule has 0 saturated heterocycles. The van der Waals surface area contributed by atoms with Crippen LogP contribution in [0.4, 0.5) is 5.69 Å². The van der Waals surface area contributed by atoms with Crippen LogP contribution in [0.1, 0.15) is 20.8 Å². The summed E-state index contributed by atoms with van der Waals surface area (Å²) in [4.78, 5) is 12.4. The molecule has 0 bridgehead atoms. The maximum Gasteiger partial charge on any atom is 0.265 e. The van der Waals surface area contributed by atoms with Crippen molar-refractivity contribution in [2.24, 2.45) is 0 Å². The van der Waals surface area contributed by atoms with Gasteiger partial charge in [-0.25, -0.2) is 13.1 Å². The second kappa shape index (κ2) is 9.33. The summed E-state index contributed by atoms with van der Waals surface area (Å²) in [5.41, 5.74) is 0.421. The van der Waals surface area contributed by atoms with Gasteiger partial charge in [-0.3, -0.25) is 4.79 Å². The molecule has 1 unspecified atom stereocenters. The van der Waals surface area contributed by atoms with Crippen LogP contribution in [0.15, 0.2) is 41.3 Å². The van der Waals surface area contributed by atoms with E-state index < -0.39 is 22.0 Å². The van der Waals surface area contributed by atoms with Gasteiger partial charge in [0, 0.05) is 17.8 Å². The number of anilines is 1. The molecule has 0 aliphatic rings. The van der Waals surface area contributed by atoms with Gasteiger partial charge >= 0.3 is 0 Å². The molecule has 1 amide bonds. The van der Waals surface area contributed by atoms with Crippen LogP contribution < -0.4 is 14.8 Å². The lowest BCUT2D eigenvalue weighted by atomic mass is 10.3. The van der Waals surface area contributed by atoms with Gasteiger partial charge < -0.3 is 10.1 Å². The molecule has 0 saturated carbocycles. The molecule has 6 nitrogen and oxygen atoms in total. The zero-order valence-electron chi connectivity index (χ0n) is 15.3. The minimum absolute atomic E-state index is 0.103. The van der Waals surface area contributed by atoms with E-state index in [-0.39, 0.29) is 31.8 Å². The first-order chi connectivity index (χ1) is 13.0. The second-order valence-electron chi connectivity index (χ2n) is 6.25. The van der Waals surface area contributed by atoms with Gasteiger partial charge in [-0.1, -0.05) is 34.8 Å². The number of halogens is 3. The summed E-state index contributed by atoms with van der Waals surface area (Å²) in [6.45, 7) is 5.00. The molecule has 10 heteroatoms. The van der Waals surface area contributed by atoms with E-state index in [1.54, 1.807) is 20.8 Å². The molecule has 0 radical (unpaired) electrons. The zero-order valence-corrected chi connectivity index (χ0v) is 18.4. The van der Waals surface area contributed by atoms with E-state index in [0.29, 0.717) is 5.69 Å². The van der Waals surface area contributed by atoms with Crippen molar-refractivity contribution in [3.05, 3.63) is 51.5 Å². The van der Waals surface area contributed by atoms with Crippen molar-refractivity contribution in [3.63, 3.8) is 0 Å². The molecule has 0 aromatic heterocycles. The van der Waals surface area contributed by atoms with Gasteiger partial charge in [0.2, 0.25) is 10.0 Å². The maximum absolute atomic E-state index is 12.3. The van der Waals surface area contributed by atoms with Gasteiger partial charge in [0.25, 0.3) is 5.91 Å². The molecule has 2 N–H and O–H groups in total. The predicted octanol–water partition coefficient (Wildman–Crippen LogP) is 4.74. The molecule has 28 heavy (non-hydrogen) atoms. The number of nitrogens with one attached hydrogen (secondary N) is 2. The Bertz CT molecular complexity index is 964. The maximum atomic E-state index is 12.3. The van der Waals surface area contributed by atoms with E-state index >= 15 is 0 Å². The van der Waals surface area contributed by atoms with Crippen molar-refractivity contribution in [2.45, 2.75) is 37.8 Å². The van der Waals surface area contributed by atoms with E-state index in [0.717, 1.165) is 0 Å². The van der Waals surface area contributed by atoms with Gasteiger partial charge in [0.1, 0.15) is 5.75 Å². The average Bonchev–Trinajstić information content (AvgIpc) is 2.59. The van der Waals surface area contributed by atoms with E-state index in [2.05, 4.69) is 10.0 Å². The summed E-state index contributed by atoms with van der Waals surface area (Å²) in [6, 6.07) is 8.42. The molecule has 0 fully saturated rings. The number of rotatable bonds is 7. The predicted molar refractivity (Wildman–Crippen MR) is 112 cm³/mol. The van der Waals surface area contributed by atoms with Crippen molar-refractivity contribution in [1.29, 1.82) is 0 Å². The lowest BCUT2D eigenvalue weighted by Crippen LogP contribution is -2.31. The lowest BCUT2D eigenvalue weighted by Gasteiger charge is -2.16. The Hall–Kier alpha value is -1.51. The third kappa shape index (κ3) is 5.99. The van der Waals surface area contributed by atoms with Crippen LogP contribution in [-0.4, -0.2) is 26.5 Å². The van der Waals surface area contributed by atoms with Gasteiger partial charge in [0.05, 0.1) is 20.0 Å². The van der Waals surface area contributed by atoms with E-state index in [1.807, 2.05) is 0 Å². The molecule has 0 heterocycles. The fourth-order valence-corrected chi connectivity index (χ4v) is 4.01. The minimum Gasteiger partial charge on any atom is -0.479 e. The fourth-order valence-electron chi connectivity index (χ4n) is 2.18. The molecule has 2 aromatic carbocycles. The van der Waals surface area contributed by atoms with Gasteiger partial charge in [-0.2, -0.15) is 0 Å². The molecule has 0 spiro atoms. The minimum atomic E-state index is -3.60. The number of sulfonamides is 1. The molecule has 1 atom stereocenters. The number of ether oxygens (including phenoxy) is 1. The quantitative estimate of drug-likeness (QED) is 0.578. The average molecular weight is 466 g/mol. The van der Waals surface area contributed by atoms with Crippen molar-refractivity contribution in [1.82, 2.24) is 4.72 Å². The first-order valence-corrected chi connectivity index (χ1v) is 10.9. The third-order valence-corrected chi connectivity index (χ3v) is 6.16. The molecule has 2 aromatic rings. The molecule has 2 rings (SSSR count). The van der Waals surface area contributed by atoms with Crippen LogP contribution >= 0.6 is 34.8 Å². The topological polar surface area (TPSA) is 84.5 Å². The standard InChI is InChI=1S/C18H19Cl3N2O4S/c1-10(2)23-28(25,26)13-6-4-12(5-7-13)22-18(24)11(3)27-17-9-15(20)14(19)8-16(17)21/h4-11,23H,1-3H3,(H,22,24). The van der Waals surface area contributed by atoms with Crippen LogP contribution in [0.2, 0.25) is 15.1 Å². The van der Waals surface area contributed by atoms with Crippen molar-refractivity contribution >= 4 is 56.4 Å². The van der Waals surface area contributed by atoms with Crippen LogP contribution in [0.3, 0.4) is 0 Å². The normalized spacial score (nSPS) is 12.7. The Morgan fingerprint density at radius 1 is 0.964 bits per heavy atom. The highest BCUT2D eigenvalue weighted by Gasteiger charge is 2.19. The smallest absolute Gasteiger partial charge is 0.265 e. The number of carbonyl (C=O) groups excluding carboxylic acids is 1. The molecular weight excluding hydrogens is 447 g/mol. The second-order valence-corrected chi connectivity index (χ2v) is 9.18. The van der Waals surface area contributed by atoms with Gasteiger partial charge in [0.15, 0.2) is 6.10 Å². The number of benzene rings is 2. The monoisotopic (exact) mass is 464 g/mol. The fraction of sp³-hybridized carbons (Fsp3) is 0.278. The number of hydrogen-bond acceptors (Lipinski definition) is 4. The number of hydrogen-bond donors (Lipinski definition) is 2. The summed E-state index contributed by atoms with van der Waals surface area (Å²) in [6.07, 6.45) is -0.888. The van der Waals surface area contributed by atoms with Crippen LogP contribution in [0.5, 0.6) is 5.75 Å². The summed E-state index contributed by atoms with van der Waals surface area (Å²) >= 11 is 17.8. The lowest BCUT2D eigenvalue weighted by molar-refractivity contribution is -0.122. The molecular formula is C18H19Cl3N2O4S. The Kier molecular flexibility index (Phi) is 7.59. The third-order valence-electron chi connectivity index (χ3n) is 3.47.